The third kappa shape index (κ3) is 3.69. The number of rotatable bonds is 7. The Labute approximate surface area is 107 Å². The van der Waals surface area contributed by atoms with Crippen molar-refractivity contribution in [1.29, 1.82) is 0 Å². The fourth-order valence-electron chi connectivity index (χ4n) is 1.32. The molecule has 2 rings (SSSR count). The number of nitrogens with one attached hydrogen (secondary N) is 1. The van der Waals surface area contributed by atoms with Crippen molar-refractivity contribution in [2.75, 3.05) is 12.3 Å². The van der Waals surface area contributed by atoms with Crippen molar-refractivity contribution in [3.05, 3.63) is 0 Å². The molecule has 8 nitrogen and oxygen atoms in total. The van der Waals surface area contributed by atoms with Gasteiger partial charge in [-0.25, -0.2) is 4.68 Å². The molecule has 18 heavy (non-hydrogen) atoms. The van der Waals surface area contributed by atoms with E-state index >= 15 is 0 Å². The Kier molecular flexibility index (Phi) is 4.13. The molecule has 1 saturated carbocycles. The predicted molar refractivity (Wildman–Crippen MR) is 62.1 cm³/mol. The van der Waals surface area contributed by atoms with E-state index in [1.807, 2.05) is 0 Å². The van der Waals surface area contributed by atoms with Crippen LogP contribution in [0.15, 0.2) is 5.16 Å². The largest absolute Gasteiger partial charge is 0.481 e. The van der Waals surface area contributed by atoms with E-state index in [4.69, 9.17) is 5.11 Å². The second kappa shape index (κ2) is 5.80. The summed E-state index contributed by atoms with van der Waals surface area (Å²) in [6.07, 6.45) is 2.07. The Morgan fingerprint density at radius 3 is 2.94 bits per heavy atom. The maximum atomic E-state index is 11.4. The highest BCUT2D eigenvalue weighted by Gasteiger charge is 2.28. The van der Waals surface area contributed by atoms with Crippen molar-refractivity contribution < 1.29 is 14.7 Å². The molecule has 0 spiro atoms. The first-order chi connectivity index (χ1) is 8.66. The maximum absolute atomic E-state index is 11.4. The van der Waals surface area contributed by atoms with E-state index in [2.05, 4.69) is 20.8 Å². The molecule has 0 aromatic carbocycles. The van der Waals surface area contributed by atoms with Gasteiger partial charge in [0.2, 0.25) is 11.1 Å². The lowest BCUT2D eigenvalue weighted by Crippen LogP contribution is -2.27. The Bertz CT molecular complexity index is 445. The van der Waals surface area contributed by atoms with Crippen LogP contribution in [0, 0.1) is 0 Å². The number of thioether (sulfide) groups is 1. The standard InChI is InChI=1S/C9H13N5O3S/c15-7(10-4-3-8(16)17)5-18-9-11-12-13-14(9)6-1-2-6/h6H,1-5H2,(H,10,15)(H,16,17). The van der Waals surface area contributed by atoms with Gasteiger partial charge in [0.05, 0.1) is 18.2 Å². The Morgan fingerprint density at radius 2 is 2.28 bits per heavy atom. The molecule has 0 aliphatic heterocycles. The van der Waals surface area contributed by atoms with Crippen LogP contribution in [0.2, 0.25) is 0 Å². The Balaban J connectivity index is 1.71. The van der Waals surface area contributed by atoms with E-state index in [9.17, 15) is 9.59 Å². The Morgan fingerprint density at radius 1 is 1.50 bits per heavy atom. The third-order valence-electron chi connectivity index (χ3n) is 2.35. The van der Waals surface area contributed by atoms with Crippen LogP contribution < -0.4 is 5.32 Å². The van der Waals surface area contributed by atoms with Crippen molar-refractivity contribution in [3.63, 3.8) is 0 Å². The third-order valence-corrected chi connectivity index (χ3v) is 3.28. The van der Waals surface area contributed by atoms with Crippen LogP contribution in [0.3, 0.4) is 0 Å². The lowest BCUT2D eigenvalue weighted by molar-refractivity contribution is -0.136. The van der Waals surface area contributed by atoms with Gasteiger partial charge in [-0.1, -0.05) is 11.8 Å². The number of aromatic nitrogens is 4. The molecule has 1 aliphatic carbocycles. The average Bonchev–Trinajstić information content (AvgIpc) is 3.05. The molecule has 1 fully saturated rings. The number of carboxylic acids is 1. The normalized spacial score (nSPS) is 14.4. The minimum atomic E-state index is -0.930. The van der Waals surface area contributed by atoms with Gasteiger partial charge in [-0.05, 0) is 23.3 Å². The quantitative estimate of drug-likeness (QED) is 0.654. The number of carbonyl (C=O) groups excluding carboxylic acids is 1. The second-order valence-electron chi connectivity index (χ2n) is 3.92. The van der Waals surface area contributed by atoms with Crippen molar-refractivity contribution in [2.24, 2.45) is 0 Å². The van der Waals surface area contributed by atoms with E-state index in [0.29, 0.717) is 11.2 Å². The molecule has 1 aromatic heterocycles. The molecule has 1 aliphatic rings. The van der Waals surface area contributed by atoms with Gasteiger partial charge in [0.15, 0.2) is 0 Å². The van der Waals surface area contributed by atoms with Gasteiger partial charge < -0.3 is 10.4 Å². The van der Waals surface area contributed by atoms with Gasteiger partial charge in [0, 0.05) is 6.54 Å². The summed E-state index contributed by atoms with van der Waals surface area (Å²) in [5.74, 6) is -0.959. The fourth-order valence-corrected chi connectivity index (χ4v) is 2.09. The van der Waals surface area contributed by atoms with Gasteiger partial charge in [-0.15, -0.1) is 5.10 Å². The molecule has 0 atom stereocenters. The fraction of sp³-hybridized carbons (Fsp3) is 0.667. The molecule has 9 heteroatoms. The minimum Gasteiger partial charge on any atom is -0.481 e. The van der Waals surface area contributed by atoms with Gasteiger partial charge >= 0.3 is 5.97 Å². The minimum absolute atomic E-state index is 0.0732. The number of nitrogens with zero attached hydrogens (tertiary/aromatic N) is 4. The molecular formula is C9H13N5O3S. The molecular weight excluding hydrogens is 258 g/mol. The highest BCUT2D eigenvalue weighted by Crippen LogP contribution is 2.36. The first kappa shape index (κ1) is 12.8. The zero-order chi connectivity index (χ0) is 13.0. The monoisotopic (exact) mass is 271 g/mol. The molecule has 0 unspecified atom stereocenters. The summed E-state index contributed by atoms with van der Waals surface area (Å²) in [7, 11) is 0. The van der Waals surface area contributed by atoms with Crippen molar-refractivity contribution in [2.45, 2.75) is 30.5 Å². The van der Waals surface area contributed by atoms with Gasteiger partial charge in [0.25, 0.3) is 0 Å². The van der Waals surface area contributed by atoms with Crippen LogP contribution in [-0.2, 0) is 9.59 Å². The van der Waals surface area contributed by atoms with E-state index in [-0.39, 0.29) is 24.6 Å². The van der Waals surface area contributed by atoms with Crippen LogP contribution >= 0.6 is 11.8 Å². The maximum Gasteiger partial charge on any atom is 0.305 e. The molecule has 98 valence electrons. The predicted octanol–water partition coefficient (Wildman–Crippen LogP) is -0.309. The number of hydrogen-bond donors (Lipinski definition) is 2. The highest BCUT2D eigenvalue weighted by atomic mass is 32.2. The molecule has 0 saturated heterocycles. The smallest absolute Gasteiger partial charge is 0.305 e. The number of carboxylic acid groups (broad SMARTS) is 1. The van der Waals surface area contributed by atoms with Crippen LogP contribution in [0.25, 0.3) is 0 Å². The van der Waals surface area contributed by atoms with Gasteiger partial charge in [-0.2, -0.15) is 0 Å². The lowest BCUT2D eigenvalue weighted by Gasteiger charge is -2.03. The second-order valence-corrected chi connectivity index (χ2v) is 4.86. The summed E-state index contributed by atoms with van der Waals surface area (Å²) in [4.78, 5) is 21.7. The first-order valence-corrected chi connectivity index (χ1v) is 6.54. The van der Waals surface area contributed by atoms with E-state index in [1.165, 1.54) is 11.8 Å². The van der Waals surface area contributed by atoms with Crippen molar-refractivity contribution in [1.82, 2.24) is 25.5 Å². The summed E-state index contributed by atoms with van der Waals surface area (Å²) in [5, 5.41) is 22.9. The summed E-state index contributed by atoms with van der Waals surface area (Å²) < 4.78 is 1.73. The number of aliphatic carboxylic acids is 1. The average molecular weight is 271 g/mol. The van der Waals surface area contributed by atoms with Crippen LogP contribution in [-0.4, -0.2) is 49.5 Å². The summed E-state index contributed by atoms with van der Waals surface area (Å²) >= 11 is 1.26. The Hall–Kier alpha value is -1.64. The molecule has 0 radical (unpaired) electrons. The number of tetrazole rings is 1. The first-order valence-electron chi connectivity index (χ1n) is 5.56. The number of amides is 1. The van der Waals surface area contributed by atoms with Crippen LogP contribution in [0.4, 0.5) is 0 Å². The summed E-state index contributed by atoms with van der Waals surface area (Å²) in [6, 6.07) is 0.373. The molecule has 1 amide bonds. The summed E-state index contributed by atoms with van der Waals surface area (Å²) in [5.41, 5.74) is 0. The van der Waals surface area contributed by atoms with Crippen LogP contribution in [0.5, 0.6) is 0 Å². The number of carbonyl (C=O) groups is 2. The van der Waals surface area contributed by atoms with Crippen molar-refractivity contribution >= 4 is 23.6 Å². The molecule has 2 N–H and O–H groups in total. The lowest BCUT2D eigenvalue weighted by atomic mass is 10.4. The molecule has 1 aromatic rings. The zero-order valence-corrected chi connectivity index (χ0v) is 10.4. The molecule has 0 bridgehead atoms. The molecule has 1 heterocycles. The highest BCUT2D eigenvalue weighted by molar-refractivity contribution is 7.99. The van der Waals surface area contributed by atoms with Gasteiger partial charge in [0.1, 0.15) is 0 Å². The number of hydrogen-bond acceptors (Lipinski definition) is 6. The van der Waals surface area contributed by atoms with Crippen LogP contribution in [0.1, 0.15) is 25.3 Å². The van der Waals surface area contributed by atoms with Gasteiger partial charge in [-0.3, -0.25) is 9.59 Å². The SMILES string of the molecule is O=C(O)CCNC(=O)CSc1nnnn1C1CC1. The zero-order valence-electron chi connectivity index (χ0n) is 9.57. The van der Waals surface area contributed by atoms with Crippen molar-refractivity contribution in [3.8, 4) is 0 Å². The summed E-state index contributed by atoms with van der Waals surface area (Å²) in [6.45, 7) is 0.141. The van der Waals surface area contributed by atoms with E-state index < -0.39 is 5.97 Å². The topological polar surface area (TPSA) is 110 Å². The van der Waals surface area contributed by atoms with E-state index in [0.717, 1.165) is 12.8 Å². The van der Waals surface area contributed by atoms with E-state index in [1.54, 1.807) is 4.68 Å².